The Bertz CT molecular complexity index is 640. The van der Waals surface area contributed by atoms with Crippen LogP contribution in [0.2, 0.25) is 0 Å². The number of methoxy groups -OCH3 is 3. The van der Waals surface area contributed by atoms with Crippen LogP contribution in [-0.2, 0) is 0 Å². The van der Waals surface area contributed by atoms with Crippen molar-refractivity contribution in [3.8, 4) is 17.2 Å². The summed E-state index contributed by atoms with van der Waals surface area (Å²) in [6.45, 7) is 0. The molecule has 0 amide bonds. The van der Waals surface area contributed by atoms with Crippen LogP contribution < -0.4 is 19.5 Å². The summed E-state index contributed by atoms with van der Waals surface area (Å²) in [4.78, 5) is 0. The van der Waals surface area contributed by atoms with Gasteiger partial charge in [-0.3, -0.25) is 0 Å². The zero-order valence-electron chi connectivity index (χ0n) is 13.3. The average molecular weight is 299 g/mol. The van der Waals surface area contributed by atoms with E-state index in [1.807, 2.05) is 49.5 Å². The largest absolute Gasteiger partial charge is 0.493 e. The number of hydrogen-bond acceptors (Lipinski definition) is 4. The Morgan fingerprint density at radius 2 is 1.50 bits per heavy atom. The second kappa shape index (κ2) is 7.41. The summed E-state index contributed by atoms with van der Waals surface area (Å²) in [6.07, 6.45) is 4.06. The van der Waals surface area contributed by atoms with E-state index < -0.39 is 0 Å². The van der Waals surface area contributed by atoms with Crippen molar-refractivity contribution in [1.29, 1.82) is 0 Å². The third-order valence-electron chi connectivity index (χ3n) is 3.37. The maximum atomic E-state index is 5.37. The molecule has 22 heavy (non-hydrogen) atoms. The van der Waals surface area contributed by atoms with E-state index in [4.69, 9.17) is 14.2 Å². The van der Waals surface area contributed by atoms with Gasteiger partial charge < -0.3 is 19.5 Å². The Hall–Kier alpha value is -2.62. The molecule has 2 aromatic rings. The van der Waals surface area contributed by atoms with Crippen molar-refractivity contribution in [3.63, 3.8) is 0 Å². The van der Waals surface area contributed by atoms with E-state index in [0.29, 0.717) is 17.2 Å². The first-order chi connectivity index (χ1) is 10.7. The summed E-state index contributed by atoms with van der Waals surface area (Å²) in [5.41, 5.74) is 3.16. The lowest BCUT2D eigenvalue weighted by molar-refractivity contribution is 0.324. The fraction of sp³-hybridized carbons (Fsp3) is 0.222. The molecule has 0 unspecified atom stereocenters. The third kappa shape index (κ3) is 3.34. The van der Waals surface area contributed by atoms with Gasteiger partial charge in [-0.05, 0) is 29.3 Å². The molecule has 0 saturated carbocycles. The minimum Gasteiger partial charge on any atom is -0.493 e. The molecular formula is C18H21NO3. The predicted molar refractivity (Wildman–Crippen MR) is 91.0 cm³/mol. The van der Waals surface area contributed by atoms with E-state index in [-0.39, 0.29) is 0 Å². The van der Waals surface area contributed by atoms with E-state index in [0.717, 1.165) is 16.8 Å². The number of ether oxygens (including phenoxy) is 3. The van der Waals surface area contributed by atoms with Gasteiger partial charge in [0.25, 0.3) is 0 Å². The molecule has 0 saturated heterocycles. The normalized spacial score (nSPS) is 10.5. The second-order valence-corrected chi connectivity index (χ2v) is 4.63. The fourth-order valence-corrected chi connectivity index (χ4v) is 2.25. The summed E-state index contributed by atoms with van der Waals surface area (Å²) < 4.78 is 16.1. The maximum Gasteiger partial charge on any atom is 0.203 e. The van der Waals surface area contributed by atoms with Gasteiger partial charge in [0.15, 0.2) is 11.5 Å². The van der Waals surface area contributed by atoms with E-state index in [9.17, 15) is 0 Å². The molecule has 0 radical (unpaired) electrons. The fourth-order valence-electron chi connectivity index (χ4n) is 2.25. The molecule has 0 atom stereocenters. The number of hydrogen-bond donors (Lipinski definition) is 1. The number of benzene rings is 2. The van der Waals surface area contributed by atoms with E-state index in [2.05, 4.69) is 11.4 Å². The molecule has 0 fully saturated rings. The third-order valence-corrected chi connectivity index (χ3v) is 3.37. The summed E-state index contributed by atoms with van der Waals surface area (Å²) in [7, 11) is 6.73. The molecule has 0 aromatic heterocycles. The van der Waals surface area contributed by atoms with Crippen LogP contribution in [-0.4, -0.2) is 28.4 Å². The molecule has 2 rings (SSSR count). The summed E-state index contributed by atoms with van der Waals surface area (Å²) in [5, 5.41) is 3.17. The summed E-state index contributed by atoms with van der Waals surface area (Å²) >= 11 is 0. The Kier molecular flexibility index (Phi) is 5.31. The first kappa shape index (κ1) is 15.8. The van der Waals surface area contributed by atoms with Crippen LogP contribution in [0.1, 0.15) is 11.1 Å². The molecule has 0 aliphatic heterocycles. The number of nitrogens with one attached hydrogen (secondary N) is 1. The number of anilines is 1. The lowest BCUT2D eigenvalue weighted by atomic mass is 10.1. The second-order valence-electron chi connectivity index (χ2n) is 4.63. The van der Waals surface area contributed by atoms with Gasteiger partial charge in [-0.2, -0.15) is 0 Å². The van der Waals surface area contributed by atoms with E-state index >= 15 is 0 Å². The monoisotopic (exact) mass is 299 g/mol. The molecule has 0 heterocycles. The van der Waals surface area contributed by atoms with Gasteiger partial charge >= 0.3 is 0 Å². The molecule has 0 aliphatic rings. The standard InChI is InChI=1S/C18H21NO3/c1-19-15-8-6-5-7-14(15)10-9-13-11-16(20-2)18(22-4)17(12-13)21-3/h5-12,19H,1-4H3/b10-9-. The first-order valence-electron chi connectivity index (χ1n) is 6.98. The minimum atomic E-state index is 0.595. The van der Waals surface area contributed by atoms with Crippen LogP contribution in [0.25, 0.3) is 12.2 Å². The quantitative estimate of drug-likeness (QED) is 0.821. The van der Waals surface area contributed by atoms with Gasteiger partial charge in [0.05, 0.1) is 21.3 Å². The van der Waals surface area contributed by atoms with Crippen molar-refractivity contribution in [3.05, 3.63) is 47.5 Å². The highest BCUT2D eigenvalue weighted by Crippen LogP contribution is 2.38. The first-order valence-corrected chi connectivity index (χ1v) is 6.98. The highest BCUT2D eigenvalue weighted by atomic mass is 16.5. The average Bonchev–Trinajstić information content (AvgIpc) is 2.58. The minimum absolute atomic E-state index is 0.595. The van der Waals surface area contributed by atoms with Crippen LogP contribution in [0.5, 0.6) is 17.2 Å². The molecular weight excluding hydrogens is 278 g/mol. The van der Waals surface area contributed by atoms with Gasteiger partial charge in [-0.1, -0.05) is 30.4 Å². The highest BCUT2D eigenvalue weighted by Gasteiger charge is 2.11. The van der Waals surface area contributed by atoms with Gasteiger partial charge in [-0.25, -0.2) is 0 Å². The smallest absolute Gasteiger partial charge is 0.203 e. The van der Waals surface area contributed by atoms with Gasteiger partial charge in [0.1, 0.15) is 0 Å². The van der Waals surface area contributed by atoms with Crippen molar-refractivity contribution in [2.45, 2.75) is 0 Å². The van der Waals surface area contributed by atoms with Crippen molar-refractivity contribution in [2.24, 2.45) is 0 Å². The topological polar surface area (TPSA) is 39.7 Å². The Balaban J connectivity index is 2.39. The SMILES string of the molecule is CNc1ccccc1/C=C\c1cc(OC)c(OC)c(OC)c1. The molecule has 0 aliphatic carbocycles. The van der Waals surface area contributed by atoms with Crippen LogP contribution in [0.4, 0.5) is 5.69 Å². The molecule has 1 N–H and O–H groups in total. The Labute approximate surface area is 131 Å². The van der Waals surface area contributed by atoms with Crippen molar-refractivity contribution >= 4 is 17.8 Å². The van der Waals surface area contributed by atoms with Gasteiger partial charge in [-0.15, -0.1) is 0 Å². The summed E-state index contributed by atoms with van der Waals surface area (Å²) in [6, 6.07) is 11.9. The summed E-state index contributed by atoms with van der Waals surface area (Å²) in [5.74, 6) is 1.88. The van der Waals surface area contributed by atoms with Gasteiger partial charge in [0, 0.05) is 12.7 Å². The molecule has 2 aromatic carbocycles. The van der Waals surface area contributed by atoms with Crippen LogP contribution in [0.3, 0.4) is 0 Å². The maximum absolute atomic E-state index is 5.37. The molecule has 4 nitrogen and oxygen atoms in total. The Morgan fingerprint density at radius 3 is 2.05 bits per heavy atom. The number of rotatable bonds is 6. The zero-order valence-corrected chi connectivity index (χ0v) is 13.3. The number of para-hydroxylation sites is 1. The van der Waals surface area contributed by atoms with Crippen molar-refractivity contribution in [2.75, 3.05) is 33.7 Å². The van der Waals surface area contributed by atoms with Crippen molar-refractivity contribution in [1.82, 2.24) is 0 Å². The van der Waals surface area contributed by atoms with Gasteiger partial charge in [0.2, 0.25) is 5.75 Å². The molecule has 4 heteroatoms. The van der Waals surface area contributed by atoms with E-state index in [1.165, 1.54) is 0 Å². The van der Waals surface area contributed by atoms with E-state index in [1.54, 1.807) is 21.3 Å². The lowest BCUT2D eigenvalue weighted by Gasteiger charge is -2.13. The zero-order chi connectivity index (χ0) is 15.9. The van der Waals surface area contributed by atoms with Crippen LogP contribution >= 0.6 is 0 Å². The lowest BCUT2D eigenvalue weighted by Crippen LogP contribution is -1.95. The van der Waals surface area contributed by atoms with Crippen LogP contribution in [0.15, 0.2) is 36.4 Å². The van der Waals surface area contributed by atoms with Crippen molar-refractivity contribution < 1.29 is 14.2 Å². The predicted octanol–water partition coefficient (Wildman–Crippen LogP) is 3.92. The molecule has 0 spiro atoms. The molecule has 116 valence electrons. The molecule has 0 bridgehead atoms. The van der Waals surface area contributed by atoms with Crippen LogP contribution in [0, 0.1) is 0 Å². The highest BCUT2D eigenvalue weighted by molar-refractivity contribution is 5.78. The Morgan fingerprint density at radius 1 is 0.864 bits per heavy atom.